The summed E-state index contributed by atoms with van der Waals surface area (Å²) < 4.78 is 5.28. The predicted octanol–water partition coefficient (Wildman–Crippen LogP) is 2.30. The second kappa shape index (κ2) is 9.02. The number of aliphatic hydroxyl groups excluding tert-OH is 1. The third-order valence-corrected chi connectivity index (χ3v) is 2.64. The molecule has 1 aromatic rings. The Bertz CT molecular complexity index is 269. The van der Waals surface area contributed by atoms with Crippen molar-refractivity contribution in [2.75, 3.05) is 37.8 Å². The van der Waals surface area contributed by atoms with E-state index in [0.29, 0.717) is 6.61 Å². The monoisotopic (exact) mass is 237 g/mol. The van der Waals surface area contributed by atoms with Gasteiger partial charge in [-0.25, -0.2) is 0 Å². The standard InChI is InChI=1S/C10H13NO.C4H10O/c1-2-4-10(5-3-1)11-6-8-12-9-7-11;1-2-3-4-5/h1-5H,6-9H2;5H,2-4H2,1H3. The zero-order chi connectivity index (χ0) is 12.3. The number of rotatable bonds is 3. The van der Waals surface area contributed by atoms with Gasteiger partial charge in [-0.15, -0.1) is 0 Å². The topological polar surface area (TPSA) is 32.7 Å². The van der Waals surface area contributed by atoms with Crippen LogP contribution in [0.2, 0.25) is 0 Å². The van der Waals surface area contributed by atoms with Crippen molar-refractivity contribution in [2.24, 2.45) is 0 Å². The smallest absolute Gasteiger partial charge is 0.0642 e. The summed E-state index contributed by atoms with van der Waals surface area (Å²) in [5, 5.41) is 8.07. The second-order valence-corrected chi connectivity index (χ2v) is 4.01. The van der Waals surface area contributed by atoms with Crippen LogP contribution in [-0.4, -0.2) is 38.0 Å². The summed E-state index contributed by atoms with van der Waals surface area (Å²) in [6.45, 7) is 6.14. The minimum atomic E-state index is 0.344. The van der Waals surface area contributed by atoms with Crippen LogP contribution in [0.15, 0.2) is 30.3 Å². The molecular formula is C14H23NO2. The van der Waals surface area contributed by atoms with Crippen molar-refractivity contribution >= 4 is 5.69 Å². The molecule has 0 unspecified atom stereocenters. The molecule has 0 aromatic heterocycles. The summed E-state index contributed by atoms with van der Waals surface area (Å²) >= 11 is 0. The lowest BCUT2D eigenvalue weighted by Crippen LogP contribution is -2.36. The Balaban J connectivity index is 0.000000249. The molecule has 0 radical (unpaired) electrons. The van der Waals surface area contributed by atoms with Gasteiger partial charge in [0.1, 0.15) is 0 Å². The Kier molecular flexibility index (Phi) is 7.43. The largest absolute Gasteiger partial charge is 0.396 e. The number of morpholine rings is 1. The number of para-hydroxylation sites is 1. The van der Waals surface area contributed by atoms with Crippen LogP contribution in [0.4, 0.5) is 5.69 Å². The summed E-state index contributed by atoms with van der Waals surface area (Å²) in [5.41, 5.74) is 1.31. The van der Waals surface area contributed by atoms with Crippen LogP contribution in [-0.2, 0) is 4.74 Å². The molecule has 1 aliphatic heterocycles. The van der Waals surface area contributed by atoms with Crippen molar-refractivity contribution in [3.8, 4) is 0 Å². The fourth-order valence-electron chi connectivity index (χ4n) is 1.62. The number of anilines is 1. The highest BCUT2D eigenvalue weighted by Gasteiger charge is 2.09. The molecule has 0 bridgehead atoms. The van der Waals surface area contributed by atoms with Crippen LogP contribution in [0.3, 0.4) is 0 Å². The average Bonchev–Trinajstić information content (AvgIpc) is 2.42. The van der Waals surface area contributed by atoms with Crippen LogP contribution in [0, 0.1) is 0 Å². The number of unbranched alkanes of at least 4 members (excludes halogenated alkanes) is 1. The highest BCUT2D eigenvalue weighted by molar-refractivity contribution is 5.46. The van der Waals surface area contributed by atoms with Gasteiger partial charge in [-0.05, 0) is 18.6 Å². The van der Waals surface area contributed by atoms with E-state index in [2.05, 4.69) is 36.1 Å². The summed E-state index contributed by atoms with van der Waals surface area (Å²) in [6.07, 6.45) is 2.04. The minimum absolute atomic E-state index is 0.344. The fourth-order valence-corrected chi connectivity index (χ4v) is 1.62. The van der Waals surface area contributed by atoms with Crippen LogP contribution in [0.1, 0.15) is 19.8 Å². The number of hydrogen-bond acceptors (Lipinski definition) is 3. The molecular weight excluding hydrogens is 214 g/mol. The van der Waals surface area contributed by atoms with Crippen LogP contribution in [0.5, 0.6) is 0 Å². The van der Waals surface area contributed by atoms with Crippen molar-refractivity contribution < 1.29 is 9.84 Å². The van der Waals surface area contributed by atoms with Gasteiger partial charge in [-0.2, -0.15) is 0 Å². The highest BCUT2D eigenvalue weighted by atomic mass is 16.5. The van der Waals surface area contributed by atoms with E-state index in [1.165, 1.54) is 5.69 Å². The predicted molar refractivity (Wildman–Crippen MR) is 71.5 cm³/mol. The van der Waals surface area contributed by atoms with Gasteiger partial charge in [0.15, 0.2) is 0 Å². The zero-order valence-electron chi connectivity index (χ0n) is 10.6. The molecule has 0 saturated carbocycles. The quantitative estimate of drug-likeness (QED) is 0.875. The SMILES string of the molecule is CCCCO.c1ccc(N2CCOCC2)cc1. The normalized spacial score (nSPS) is 15.1. The highest BCUT2D eigenvalue weighted by Crippen LogP contribution is 2.13. The number of hydrogen-bond donors (Lipinski definition) is 1. The van der Waals surface area contributed by atoms with Gasteiger partial charge in [0.2, 0.25) is 0 Å². The first kappa shape index (κ1) is 14.0. The van der Waals surface area contributed by atoms with E-state index in [-0.39, 0.29) is 0 Å². The maximum Gasteiger partial charge on any atom is 0.0642 e. The Morgan fingerprint density at radius 3 is 2.29 bits per heavy atom. The lowest BCUT2D eigenvalue weighted by atomic mass is 10.3. The molecule has 0 aliphatic carbocycles. The third kappa shape index (κ3) is 5.71. The van der Waals surface area contributed by atoms with Gasteiger partial charge in [-0.3, -0.25) is 0 Å². The van der Waals surface area contributed by atoms with Gasteiger partial charge in [-0.1, -0.05) is 31.5 Å². The maximum absolute atomic E-state index is 8.07. The molecule has 1 N–H and O–H groups in total. The molecule has 3 nitrogen and oxygen atoms in total. The van der Waals surface area contributed by atoms with E-state index >= 15 is 0 Å². The Morgan fingerprint density at radius 2 is 1.82 bits per heavy atom. The first-order valence-corrected chi connectivity index (χ1v) is 6.37. The van der Waals surface area contributed by atoms with Gasteiger partial charge in [0.05, 0.1) is 13.2 Å². The molecule has 3 heteroatoms. The Morgan fingerprint density at radius 1 is 1.18 bits per heavy atom. The number of benzene rings is 1. The second-order valence-electron chi connectivity index (χ2n) is 4.01. The molecule has 0 atom stereocenters. The van der Waals surface area contributed by atoms with E-state index in [1.807, 2.05) is 6.07 Å². The molecule has 1 fully saturated rings. The Hall–Kier alpha value is -1.06. The first-order valence-electron chi connectivity index (χ1n) is 6.37. The number of aliphatic hydroxyl groups is 1. The lowest BCUT2D eigenvalue weighted by Gasteiger charge is -2.28. The first-order chi connectivity index (χ1) is 8.38. The number of nitrogens with zero attached hydrogens (tertiary/aromatic N) is 1. The van der Waals surface area contributed by atoms with Crippen molar-refractivity contribution in [2.45, 2.75) is 19.8 Å². The van der Waals surface area contributed by atoms with Gasteiger partial charge >= 0.3 is 0 Å². The van der Waals surface area contributed by atoms with Gasteiger partial charge in [0, 0.05) is 25.4 Å². The van der Waals surface area contributed by atoms with Crippen molar-refractivity contribution in [3.63, 3.8) is 0 Å². The third-order valence-electron chi connectivity index (χ3n) is 2.64. The summed E-state index contributed by atoms with van der Waals surface area (Å²) in [4.78, 5) is 2.35. The zero-order valence-corrected chi connectivity index (χ0v) is 10.6. The molecule has 0 amide bonds. The molecule has 1 heterocycles. The van der Waals surface area contributed by atoms with Gasteiger partial charge < -0.3 is 14.7 Å². The summed E-state index contributed by atoms with van der Waals surface area (Å²) in [7, 11) is 0. The van der Waals surface area contributed by atoms with Gasteiger partial charge in [0.25, 0.3) is 0 Å². The summed E-state index contributed by atoms with van der Waals surface area (Å²) in [6, 6.07) is 10.5. The maximum atomic E-state index is 8.07. The lowest BCUT2D eigenvalue weighted by molar-refractivity contribution is 0.122. The molecule has 96 valence electrons. The van der Waals surface area contributed by atoms with Crippen molar-refractivity contribution in [1.82, 2.24) is 0 Å². The van der Waals surface area contributed by atoms with Crippen molar-refractivity contribution in [1.29, 1.82) is 0 Å². The van der Waals surface area contributed by atoms with E-state index in [4.69, 9.17) is 9.84 Å². The van der Waals surface area contributed by atoms with Crippen molar-refractivity contribution in [3.05, 3.63) is 30.3 Å². The molecule has 1 aliphatic rings. The van der Waals surface area contributed by atoms with Crippen LogP contribution < -0.4 is 4.90 Å². The molecule has 1 saturated heterocycles. The molecule has 2 rings (SSSR count). The van der Waals surface area contributed by atoms with Crippen LogP contribution >= 0.6 is 0 Å². The number of ether oxygens (including phenoxy) is 1. The minimum Gasteiger partial charge on any atom is -0.396 e. The molecule has 1 aromatic carbocycles. The summed E-state index contributed by atoms with van der Waals surface area (Å²) in [5.74, 6) is 0. The molecule has 17 heavy (non-hydrogen) atoms. The van der Waals surface area contributed by atoms with Crippen LogP contribution in [0.25, 0.3) is 0 Å². The van der Waals surface area contributed by atoms with E-state index in [1.54, 1.807) is 0 Å². The Labute approximate surface area is 104 Å². The molecule has 0 spiro atoms. The average molecular weight is 237 g/mol. The van der Waals surface area contributed by atoms with E-state index < -0.39 is 0 Å². The van der Waals surface area contributed by atoms with E-state index in [9.17, 15) is 0 Å². The fraction of sp³-hybridized carbons (Fsp3) is 0.571. The van der Waals surface area contributed by atoms with E-state index in [0.717, 1.165) is 39.1 Å².